The highest BCUT2D eigenvalue weighted by Crippen LogP contribution is 2.15. The number of halogens is 1. The van der Waals surface area contributed by atoms with Gasteiger partial charge in [0.2, 0.25) is 11.2 Å². The van der Waals surface area contributed by atoms with Gasteiger partial charge in [0.05, 0.1) is 0 Å². The molecule has 0 saturated carbocycles. The second-order valence-corrected chi connectivity index (χ2v) is 2.18. The van der Waals surface area contributed by atoms with Crippen LogP contribution in [0.1, 0.15) is 5.89 Å². The smallest absolute Gasteiger partial charge is 0.209 e. The van der Waals surface area contributed by atoms with Crippen LogP contribution in [0.15, 0.2) is 16.7 Å². The van der Waals surface area contributed by atoms with Gasteiger partial charge in [-0.15, -0.1) is 0 Å². The minimum absolute atomic E-state index is 0.130. The van der Waals surface area contributed by atoms with Crippen LogP contribution in [0.4, 0.5) is 4.39 Å². The molecule has 0 N–H and O–H groups in total. The average molecular weight is 152 g/mol. The molecular formula is C7H5FN2O. The van der Waals surface area contributed by atoms with E-state index < -0.39 is 5.82 Å². The van der Waals surface area contributed by atoms with Crippen molar-refractivity contribution in [2.45, 2.75) is 6.92 Å². The second kappa shape index (κ2) is 2.02. The molecule has 0 aliphatic carbocycles. The third-order valence-corrected chi connectivity index (χ3v) is 1.35. The van der Waals surface area contributed by atoms with E-state index in [1.165, 1.54) is 12.3 Å². The van der Waals surface area contributed by atoms with Crippen molar-refractivity contribution in [1.29, 1.82) is 0 Å². The summed E-state index contributed by atoms with van der Waals surface area (Å²) in [5.41, 5.74) is 0.451. The number of hydrogen-bond acceptors (Lipinski definition) is 3. The number of aromatic nitrogens is 2. The summed E-state index contributed by atoms with van der Waals surface area (Å²) < 4.78 is 17.8. The van der Waals surface area contributed by atoms with Gasteiger partial charge in [-0.2, -0.15) is 4.98 Å². The van der Waals surface area contributed by atoms with Crippen molar-refractivity contribution in [2.24, 2.45) is 0 Å². The van der Waals surface area contributed by atoms with Gasteiger partial charge in [-0.3, -0.25) is 0 Å². The summed E-state index contributed by atoms with van der Waals surface area (Å²) >= 11 is 0. The monoisotopic (exact) mass is 152 g/mol. The fourth-order valence-corrected chi connectivity index (χ4v) is 0.908. The quantitative estimate of drug-likeness (QED) is 0.576. The summed E-state index contributed by atoms with van der Waals surface area (Å²) in [5.74, 6) is 0.00759. The van der Waals surface area contributed by atoms with Crippen molar-refractivity contribution in [2.75, 3.05) is 0 Å². The first-order valence-corrected chi connectivity index (χ1v) is 3.15. The maximum atomic E-state index is 12.8. The molecule has 3 nitrogen and oxygen atoms in total. The van der Waals surface area contributed by atoms with Crippen LogP contribution in [-0.2, 0) is 0 Å². The Kier molecular flexibility index (Phi) is 1.15. The fourth-order valence-electron chi connectivity index (χ4n) is 0.908. The van der Waals surface area contributed by atoms with E-state index in [1.807, 2.05) is 0 Å². The Hall–Kier alpha value is -1.45. The molecule has 2 rings (SSSR count). The van der Waals surface area contributed by atoms with E-state index in [2.05, 4.69) is 9.97 Å². The van der Waals surface area contributed by atoms with E-state index >= 15 is 0 Å². The predicted octanol–water partition coefficient (Wildman–Crippen LogP) is 1.67. The lowest BCUT2D eigenvalue weighted by molar-refractivity contribution is 0.527. The molecule has 0 bridgehead atoms. The first kappa shape index (κ1) is 6.27. The molecule has 0 atom stereocenters. The number of fused-ring (bicyclic) bond motifs is 1. The van der Waals surface area contributed by atoms with Gasteiger partial charge in [0.1, 0.15) is 0 Å². The van der Waals surface area contributed by atoms with Crippen LogP contribution in [0.2, 0.25) is 0 Å². The lowest BCUT2D eigenvalue weighted by Crippen LogP contribution is -1.78. The molecular weight excluding hydrogens is 147 g/mol. The van der Waals surface area contributed by atoms with Gasteiger partial charge in [-0.05, 0) is 6.07 Å². The summed E-state index contributed by atoms with van der Waals surface area (Å²) in [7, 11) is 0. The average Bonchev–Trinajstić information content (AvgIpc) is 2.31. The normalized spacial score (nSPS) is 10.7. The fraction of sp³-hybridized carbons (Fsp3) is 0.143. The molecule has 0 spiro atoms. The summed E-state index contributed by atoms with van der Waals surface area (Å²) in [4.78, 5) is 7.67. The zero-order valence-electron chi connectivity index (χ0n) is 5.84. The van der Waals surface area contributed by atoms with E-state index in [0.717, 1.165) is 0 Å². The van der Waals surface area contributed by atoms with Gasteiger partial charge in [0.15, 0.2) is 11.7 Å². The summed E-state index contributed by atoms with van der Waals surface area (Å²) in [5, 5.41) is 0. The number of hydrogen-bond donors (Lipinski definition) is 0. The van der Waals surface area contributed by atoms with E-state index in [9.17, 15) is 4.39 Å². The largest absolute Gasteiger partial charge is 0.436 e. The van der Waals surface area contributed by atoms with E-state index in [4.69, 9.17) is 4.42 Å². The molecule has 0 amide bonds. The highest BCUT2D eigenvalue weighted by atomic mass is 19.1. The third-order valence-electron chi connectivity index (χ3n) is 1.35. The van der Waals surface area contributed by atoms with Crippen LogP contribution in [0.5, 0.6) is 0 Å². The lowest BCUT2D eigenvalue weighted by Gasteiger charge is -1.84. The Bertz CT molecular complexity index is 396. The minimum Gasteiger partial charge on any atom is -0.436 e. The number of oxazole rings is 1. The van der Waals surface area contributed by atoms with Crippen molar-refractivity contribution < 1.29 is 8.81 Å². The zero-order valence-corrected chi connectivity index (χ0v) is 5.84. The van der Waals surface area contributed by atoms with Gasteiger partial charge in [-0.25, -0.2) is 9.37 Å². The Morgan fingerprint density at radius 1 is 1.55 bits per heavy atom. The van der Waals surface area contributed by atoms with Crippen LogP contribution in [0.25, 0.3) is 11.2 Å². The van der Waals surface area contributed by atoms with Crippen LogP contribution < -0.4 is 0 Å². The van der Waals surface area contributed by atoms with Gasteiger partial charge >= 0.3 is 0 Å². The molecule has 0 radical (unpaired) electrons. The van der Waals surface area contributed by atoms with E-state index in [0.29, 0.717) is 11.5 Å². The Morgan fingerprint density at radius 2 is 2.36 bits per heavy atom. The molecule has 0 fully saturated rings. The molecule has 2 heterocycles. The second-order valence-electron chi connectivity index (χ2n) is 2.18. The van der Waals surface area contributed by atoms with Crippen LogP contribution in [-0.4, -0.2) is 9.97 Å². The highest BCUT2D eigenvalue weighted by Gasteiger charge is 2.06. The van der Waals surface area contributed by atoms with Gasteiger partial charge in [0.25, 0.3) is 0 Å². The number of pyridine rings is 1. The predicted molar refractivity (Wildman–Crippen MR) is 36.5 cm³/mol. The van der Waals surface area contributed by atoms with Crippen molar-refractivity contribution in [3.63, 3.8) is 0 Å². The zero-order chi connectivity index (χ0) is 7.84. The molecule has 11 heavy (non-hydrogen) atoms. The number of rotatable bonds is 0. The summed E-state index contributed by atoms with van der Waals surface area (Å²) in [6.45, 7) is 1.65. The molecule has 0 aromatic carbocycles. The summed E-state index contributed by atoms with van der Waals surface area (Å²) in [6, 6.07) is 1.24. The number of aryl methyl sites for hydroxylation is 1. The van der Waals surface area contributed by atoms with Crippen molar-refractivity contribution >= 4 is 11.2 Å². The summed E-state index contributed by atoms with van der Waals surface area (Å²) in [6.07, 6.45) is 1.36. The van der Waals surface area contributed by atoms with Crippen LogP contribution in [0.3, 0.4) is 0 Å². The van der Waals surface area contributed by atoms with Gasteiger partial charge in [0, 0.05) is 13.1 Å². The molecule has 2 aromatic rings. The van der Waals surface area contributed by atoms with E-state index in [-0.39, 0.29) is 5.58 Å². The van der Waals surface area contributed by atoms with Crippen LogP contribution >= 0.6 is 0 Å². The Morgan fingerprint density at radius 3 is 3.09 bits per heavy atom. The molecule has 4 heteroatoms. The maximum Gasteiger partial charge on any atom is 0.209 e. The molecule has 2 aromatic heterocycles. The molecule has 0 saturated heterocycles. The lowest BCUT2D eigenvalue weighted by atomic mass is 10.4. The SMILES string of the molecule is Cc1nc2nccc(F)c2o1. The Labute approximate surface area is 61.9 Å². The van der Waals surface area contributed by atoms with E-state index in [1.54, 1.807) is 6.92 Å². The molecule has 0 aliphatic heterocycles. The first-order valence-electron chi connectivity index (χ1n) is 3.15. The topological polar surface area (TPSA) is 38.9 Å². The molecule has 0 unspecified atom stereocenters. The third kappa shape index (κ3) is 0.869. The van der Waals surface area contributed by atoms with Crippen molar-refractivity contribution in [3.05, 3.63) is 24.0 Å². The van der Waals surface area contributed by atoms with Crippen molar-refractivity contribution in [3.8, 4) is 0 Å². The standard InChI is InChI=1S/C7H5FN2O/c1-4-10-7-6(11-4)5(8)2-3-9-7/h2-3H,1H3. The van der Waals surface area contributed by atoms with Crippen molar-refractivity contribution in [1.82, 2.24) is 9.97 Å². The molecule has 0 aliphatic rings. The Balaban J connectivity index is 2.90. The van der Waals surface area contributed by atoms with Gasteiger partial charge < -0.3 is 4.42 Å². The van der Waals surface area contributed by atoms with Crippen LogP contribution in [0, 0.1) is 12.7 Å². The molecule has 56 valence electrons. The number of nitrogens with zero attached hydrogens (tertiary/aromatic N) is 2. The first-order chi connectivity index (χ1) is 5.27. The maximum absolute atomic E-state index is 12.8. The van der Waals surface area contributed by atoms with Gasteiger partial charge in [-0.1, -0.05) is 0 Å². The minimum atomic E-state index is -0.421. The highest BCUT2D eigenvalue weighted by molar-refractivity contribution is 5.67.